The molecule has 0 spiro atoms. The molecule has 0 fully saturated rings. The monoisotopic (exact) mass is 190 g/mol. The zero-order valence-electron chi connectivity index (χ0n) is 5.71. The number of nitrogens with zero attached hydrogens (tertiary/aromatic N) is 1. The fraction of sp³-hybridized carbons (Fsp3) is 0.333. The molecule has 1 aromatic rings. The first kappa shape index (κ1) is 8.62. The van der Waals surface area contributed by atoms with Crippen molar-refractivity contribution in [3.05, 3.63) is 12.4 Å². The standard InChI is InChI=1S/C6H7ClN2OS/c7-3-5(10)4-11-6-8-1-2-9-6/h1-2H,3-4H2,(H,8,9). The van der Waals surface area contributed by atoms with E-state index in [1.807, 2.05) is 0 Å². The van der Waals surface area contributed by atoms with E-state index in [4.69, 9.17) is 11.6 Å². The van der Waals surface area contributed by atoms with Gasteiger partial charge in [0.25, 0.3) is 0 Å². The lowest BCUT2D eigenvalue weighted by Crippen LogP contribution is -2.02. The molecule has 0 saturated heterocycles. The summed E-state index contributed by atoms with van der Waals surface area (Å²) in [5.41, 5.74) is 0. The number of carbonyl (C=O) groups is 1. The largest absolute Gasteiger partial charge is 0.340 e. The van der Waals surface area contributed by atoms with Crippen molar-refractivity contribution >= 4 is 29.1 Å². The lowest BCUT2D eigenvalue weighted by molar-refractivity contribution is -0.114. The Balaban J connectivity index is 2.29. The predicted octanol–water partition coefficient (Wildman–Crippen LogP) is 1.31. The molecule has 60 valence electrons. The van der Waals surface area contributed by atoms with E-state index < -0.39 is 0 Å². The highest BCUT2D eigenvalue weighted by molar-refractivity contribution is 7.99. The molecule has 0 aliphatic carbocycles. The van der Waals surface area contributed by atoms with Crippen LogP contribution in [-0.4, -0.2) is 27.4 Å². The van der Waals surface area contributed by atoms with E-state index in [0.717, 1.165) is 5.16 Å². The highest BCUT2D eigenvalue weighted by atomic mass is 35.5. The fourth-order valence-electron chi connectivity index (χ4n) is 0.517. The number of Topliss-reactive ketones (excluding diaryl/α,β-unsaturated/α-hetero) is 1. The minimum Gasteiger partial charge on any atom is -0.340 e. The van der Waals surface area contributed by atoms with E-state index in [9.17, 15) is 4.79 Å². The molecule has 5 heteroatoms. The van der Waals surface area contributed by atoms with Gasteiger partial charge in [-0.25, -0.2) is 4.98 Å². The van der Waals surface area contributed by atoms with Crippen LogP contribution in [0.3, 0.4) is 0 Å². The van der Waals surface area contributed by atoms with Crippen LogP contribution in [0.2, 0.25) is 0 Å². The highest BCUT2D eigenvalue weighted by Gasteiger charge is 2.01. The van der Waals surface area contributed by atoms with Crippen LogP contribution in [0.5, 0.6) is 0 Å². The molecule has 0 atom stereocenters. The number of rotatable bonds is 4. The smallest absolute Gasteiger partial charge is 0.165 e. The second kappa shape index (κ2) is 4.41. The van der Waals surface area contributed by atoms with Crippen LogP contribution in [0.1, 0.15) is 0 Å². The van der Waals surface area contributed by atoms with Gasteiger partial charge in [0.1, 0.15) is 0 Å². The van der Waals surface area contributed by atoms with E-state index in [-0.39, 0.29) is 11.7 Å². The highest BCUT2D eigenvalue weighted by Crippen LogP contribution is 2.10. The number of carbonyl (C=O) groups excluding carboxylic acids is 1. The first-order valence-electron chi connectivity index (χ1n) is 3.03. The third-order valence-corrected chi connectivity index (χ3v) is 2.25. The number of nitrogens with one attached hydrogen (secondary N) is 1. The summed E-state index contributed by atoms with van der Waals surface area (Å²) in [4.78, 5) is 17.5. The minimum atomic E-state index is 0.0214. The molecule has 0 unspecified atom stereocenters. The number of H-pyrrole nitrogens is 1. The minimum absolute atomic E-state index is 0.0214. The van der Waals surface area contributed by atoms with Crippen LogP contribution in [0.25, 0.3) is 0 Å². The topological polar surface area (TPSA) is 45.8 Å². The van der Waals surface area contributed by atoms with Crippen molar-refractivity contribution in [2.24, 2.45) is 0 Å². The Labute approximate surface area is 73.5 Å². The third-order valence-electron chi connectivity index (χ3n) is 0.992. The number of aromatic amines is 1. The second-order valence-corrected chi connectivity index (χ2v) is 3.09. The van der Waals surface area contributed by atoms with Crippen molar-refractivity contribution in [3.8, 4) is 0 Å². The molecule has 1 N–H and O–H groups in total. The fourth-order valence-corrected chi connectivity index (χ4v) is 1.41. The summed E-state index contributed by atoms with van der Waals surface area (Å²) in [6.07, 6.45) is 3.36. The lowest BCUT2D eigenvalue weighted by atomic mass is 10.5. The van der Waals surface area contributed by atoms with Crippen LogP contribution in [0.4, 0.5) is 0 Å². The molecule has 1 aromatic heterocycles. The summed E-state index contributed by atoms with van der Waals surface area (Å²) in [6.45, 7) is 0. The van der Waals surface area contributed by atoms with Gasteiger partial charge in [0, 0.05) is 12.4 Å². The molecule has 0 aromatic carbocycles. The van der Waals surface area contributed by atoms with Gasteiger partial charge in [0.15, 0.2) is 10.9 Å². The number of alkyl halides is 1. The van der Waals surface area contributed by atoms with Crippen LogP contribution in [0.15, 0.2) is 17.6 Å². The van der Waals surface area contributed by atoms with Crippen molar-refractivity contribution in [2.75, 3.05) is 11.6 Å². The zero-order chi connectivity index (χ0) is 8.10. The van der Waals surface area contributed by atoms with Crippen LogP contribution >= 0.6 is 23.4 Å². The zero-order valence-corrected chi connectivity index (χ0v) is 7.28. The van der Waals surface area contributed by atoms with Gasteiger partial charge in [-0.05, 0) is 0 Å². The number of thioether (sulfide) groups is 1. The molecule has 0 saturated carbocycles. The van der Waals surface area contributed by atoms with Crippen LogP contribution in [0, 0.1) is 0 Å². The number of ketones is 1. The summed E-state index contributed by atoms with van der Waals surface area (Å²) in [6, 6.07) is 0. The Kier molecular flexibility index (Phi) is 3.45. The average Bonchev–Trinajstić information content (AvgIpc) is 2.52. The molecular weight excluding hydrogens is 184 g/mol. The average molecular weight is 191 g/mol. The lowest BCUT2D eigenvalue weighted by Gasteiger charge is -1.92. The summed E-state index contributed by atoms with van der Waals surface area (Å²) >= 11 is 6.66. The SMILES string of the molecule is O=C(CCl)CSc1ncc[nH]1. The van der Waals surface area contributed by atoms with Crippen LogP contribution in [-0.2, 0) is 4.79 Å². The van der Waals surface area contributed by atoms with Gasteiger partial charge < -0.3 is 4.98 Å². The number of aromatic nitrogens is 2. The number of hydrogen-bond donors (Lipinski definition) is 1. The van der Waals surface area contributed by atoms with Crippen molar-refractivity contribution in [2.45, 2.75) is 5.16 Å². The first-order valence-corrected chi connectivity index (χ1v) is 4.55. The molecule has 11 heavy (non-hydrogen) atoms. The Hall–Kier alpha value is -0.480. The van der Waals surface area contributed by atoms with Gasteiger partial charge in [-0.1, -0.05) is 11.8 Å². The Bertz CT molecular complexity index is 224. The summed E-state index contributed by atoms with van der Waals surface area (Å²) in [7, 11) is 0. The van der Waals surface area contributed by atoms with Crippen LogP contribution < -0.4 is 0 Å². The van der Waals surface area contributed by atoms with E-state index in [1.54, 1.807) is 12.4 Å². The van der Waals surface area contributed by atoms with Gasteiger partial charge in [-0.3, -0.25) is 4.79 Å². The third kappa shape index (κ3) is 2.95. The molecule has 0 aliphatic rings. The maximum atomic E-state index is 10.7. The Morgan fingerprint density at radius 3 is 3.18 bits per heavy atom. The predicted molar refractivity (Wildman–Crippen MR) is 45.0 cm³/mol. The molecule has 0 aliphatic heterocycles. The quantitative estimate of drug-likeness (QED) is 0.575. The van der Waals surface area contributed by atoms with Gasteiger partial charge >= 0.3 is 0 Å². The Morgan fingerprint density at radius 1 is 1.82 bits per heavy atom. The molecule has 1 rings (SSSR count). The van der Waals surface area contributed by atoms with Crippen molar-refractivity contribution in [3.63, 3.8) is 0 Å². The van der Waals surface area contributed by atoms with E-state index in [0.29, 0.717) is 5.75 Å². The normalized spacial score (nSPS) is 9.91. The van der Waals surface area contributed by atoms with Crippen molar-refractivity contribution in [1.82, 2.24) is 9.97 Å². The van der Waals surface area contributed by atoms with E-state index in [2.05, 4.69) is 9.97 Å². The molecule has 0 amide bonds. The molecular formula is C6H7ClN2OS. The maximum Gasteiger partial charge on any atom is 0.165 e. The number of hydrogen-bond acceptors (Lipinski definition) is 3. The van der Waals surface area contributed by atoms with Gasteiger partial charge in [0.2, 0.25) is 0 Å². The van der Waals surface area contributed by atoms with Crippen molar-refractivity contribution < 1.29 is 4.79 Å². The molecule has 0 bridgehead atoms. The summed E-state index contributed by atoms with van der Waals surface area (Å²) in [5.74, 6) is 0.484. The second-order valence-electron chi connectivity index (χ2n) is 1.86. The maximum absolute atomic E-state index is 10.7. The molecule has 3 nitrogen and oxygen atoms in total. The van der Waals surface area contributed by atoms with E-state index in [1.165, 1.54) is 11.8 Å². The summed E-state index contributed by atoms with van der Waals surface area (Å²) in [5, 5.41) is 0.753. The summed E-state index contributed by atoms with van der Waals surface area (Å²) < 4.78 is 0. The molecule has 0 radical (unpaired) electrons. The van der Waals surface area contributed by atoms with Gasteiger partial charge in [-0.15, -0.1) is 11.6 Å². The van der Waals surface area contributed by atoms with E-state index >= 15 is 0 Å². The van der Waals surface area contributed by atoms with Gasteiger partial charge in [0.05, 0.1) is 11.6 Å². The van der Waals surface area contributed by atoms with Gasteiger partial charge in [-0.2, -0.15) is 0 Å². The Morgan fingerprint density at radius 2 is 2.64 bits per heavy atom. The molecule has 1 heterocycles. The van der Waals surface area contributed by atoms with Crippen molar-refractivity contribution in [1.29, 1.82) is 0 Å². The number of imidazole rings is 1. The first-order chi connectivity index (χ1) is 5.33. The number of halogens is 1.